The van der Waals surface area contributed by atoms with E-state index in [1.807, 2.05) is 7.05 Å². The molecule has 0 radical (unpaired) electrons. The number of hydrogen-bond acceptors (Lipinski definition) is 5. The van der Waals surface area contributed by atoms with Gasteiger partial charge in [0.2, 0.25) is 0 Å². The van der Waals surface area contributed by atoms with Crippen LogP contribution in [0.3, 0.4) is 0 Å². The molecule has 7 heteroatoms. The van der Waals surface area contributed by atoms with Crippen LogP contribution in [-0.4, -0.2) is 29.1 Å². The number of oxime groups is 1. The minimum Gasteiger partial charge on any atom is -0.409 e. The third kappa shape index (κ3) is 2.66. The van der Waals surface area contributed by atoms with Gasteiger partial charge in [-0.3, -0.25) is 10.1 Å². The smallest absolute Gasteiger partial charge is 0.270 e. The van der Waals surface area contributed by atoms with Gasteiger partial charge >= 0.3 is 0 Å². The zero-order chi connectivity index (χ0) is 14.7. The molecule has 1 aliphatic carbocycles. The van der Waals surface area contributed by atoms with E-state index >= 15 is 0 Å². The Morgan fingerprint density at radius 1 is 1.50 bits per heavy atom. The standard InChI is InChI=1S/C13H18N4O3/c1-16(9-4-2-3-5-9)12-7-6-10(17(19)20)8-11(12)13(14)15-18/h6-9,18H,2-5H2,1H3,(H2,14,15). The Bertz CT molecular complexity index is 538. The van der Waals surface area contributed by atoms with E-state index in [2.05, 4.69) is 10.1 Å². The quantitative estimate of drug-likeness (QED) is 0.288. The number of rotatable bonds is 4. The third-order valence-electron chi connectivity index (χ3n) is 3.83. The number of nitrogens with two attached hydrogens (primary N) is 1. The summed E-state index contributed by atoms with van der Waals surface area (Å²) in [6.45, 7) is 0. The molecule has 0 spiro atoms. The first kappa shape index (κ1) is 14.1. The predicted molar refractivity (Wildman–Crippen MR) is 76.3 cm³/mol. The highest BCUT2D eigenvalue weighted by Crippen LogP contribution is 2.31. The fourth-order valence-corrected chi connectivity index (χ4v) is 2.69. The Balaban J connectivity index is 2.43. The molecule has 0 amide bonds. The molecule has 0 aromatic heterocycles. The summed E-state index contributed by atoms with van der Waals surface area (Å²) in [5.74, 6) is -0.117. The second-order valence-corrected chi connectivity index (χ2v) is 4.99. The average molecular weight is 278 g/mol. The van der Waals surface area contributed by atoms with Gasteiger partial charge in [-0.25, -0.2) is 0 Å². The van der Waals surface area contributed by atoms with Crippen LogP contribution < -0.4 is 10.6 Å². The molecule has 1 fully saturated rings. The number of anilines is 1. The van der Waals surface area contributed by atoms with Gasteiger partial charge in [0.05, 0.1) is 10.5 Å². The Morgan fingerprint density at radius 3 is 2.70 bits per heavy atom. The fraction of sp³-hybridized carbons (Fsp3) is 0.462. The molecule has 20 heavy (non-hydrogen) atoms. The number of nitro groups is 1. The lowest BCUT2D eigenvalue weighted by atomic mass is 10.1. The highest BCUT2D eigenvalue weighted by Gasteiger charge is 2.24. The predicted octanol–water partition coefficient (Wildman–Crippen LogP) is 2.07. The molecule has 0 aliphatic heterocycles. The van der Waals surface area contributed by atoms with Crippen LogP contribution in [0.5, 0.6) is 0 Å². The molecular weight excluding hydrogens is 260 g/mol. The van der Waals surface area contributed by atoms with E-state index in [4.69, 9.17) is 10.9 Å². The average Bonchev–Trinajstić information content (AvgIpc) is 2.99. The Labute approximate surface area is 116 Å². The van der Waals surface area contributed by atoms with Crippen molar-refractivity contribution in [1.29, 1.82) is 0 Å². The first-order valence-electron chi connectivity index (χ1n) is 6.53. The van der Waals surface area contributed by atoms with Gasteiger partial charge in [-0.1, -0.05) is 18.0 Å². The van der Waals surface area contributed by atoms with E-state index in [-0.39, 0.29) is 11.5 Å². The van der Waals surface area contributed by atoms with Crippen LogP contribution in [-0.2, 0) is 0 Å². The maximum atomic E-state index is 10.9. The Morgan fingerprint density at radius 2 is 2.15 bits per heavy atom. The lowest BCUT2D eigenvalue weighted by Crippen LogP contribution is -2.31. The van der Waals surface area contributed by atoms with E-state index in [0.29, 0.717) is 11.6 Å². The lowest BCUT2D eigenvalue weighted by Gasteiger charge is -2.28. The van der Waals surface area contributed by atoms with Crippen molar-refractivity contribution in [3.05, 3.63) is 33.9 Å². The number of hydrogen-bond donors (Lipinski definition) is 2. The van der Waals surface area contributed by atoms with Crippen molar-refractivity contribution in [2.75, 3.05) is 11.9 Å². The Kier molecular flexibility index (Phi) is 4.07. The summed E-state index contributed by atoms with van der Waals surface area (Å²) >= 11 is 0. The van der Waals surface area contributed by atoms with Crippen molar-refractivity contribution < 1.29 is 10.1 Å². The molecular formula is C13H18N4O3. The van der Waals surface area contributed by atoms with Gasteiger partial charge in [-0.2, -0.15) is 0 Å². The van der Waals surface area contributed by atoms with Gasteiger partial charge in [0.1, 0.15) is 0 Å². The number of amidine groups is 1. The first-order chi connectivity index (χ1) is 9.54. The topological polar surface area (TPSA) is 105 Å². The first-order valence-corrected chi connectivity index (χ1v) is 6.53. The fourth-order valence-electron chi connectivity index (χ4n) is 2.69. The van der Waals surface area contributed by atoms with Crippen molar-refractivity contribution in [3.63, 3.8) is 0 Å². The molecule has 0 atom stereocenters. The molecule has 1 aromatic carbocycles. The summed E-state index contributed by atoms with van der Waals surface area (Å²) < 4.78 is 0. The van der Waals surface area contributed by atoms with Crippen LogP contribution in [0.25, 0.3) is 0 Å². The van der Waals surface area contributed by atoms with Crippen LogP contribution in [0.2, 0.25) is 0 Å². The largest absolute Gasteiger partial charge is 0.409 e. The molecule has 1 saturated carbocycles. The molecule has 1 aromatic rings. The van der Waals surface area contributed by atoms with E-state index in [9.17, 15) is 10.1 Å². The number of non-ortho nitro benzene ring substituents is 1. The number of benzene rings is 1. The van der Waals surface area contributed by atoms with E-state index in [1.165, 1.54) is 25.0 Å². The van der Waals surface area contributed by atoms with Crippen LogP contribution in [0, 0.1) is 10.1 Å². The molecule has 1 aliphatic rings. The van der Waals surface area contributed by atoms with Crippen LogP contribution in [0.4, 0.5) is 11.4 Å². The van der Waals surface area contributed by atoms with Crippen molar-refractivity contribution in [3.8, 4) is 0 Å². The van der Waals surface area contributed by atoms with Crippen LogP contribution in [0.15, 0.2) is 23.4 Å². The number of nitro benzene ring substituents is 1. The summed E-state index contributed by atoms with van der Waals surface area (Å²) in [5, 5.41) is 22.7. The van der Waals surface area contributed by atoms with Crippen molar-refractivity contribution in [2.24, 2.45) is 10.9 Å². The highest BCUT2D eigenvalue weighted by atomic mass is 16.6. The second kappa shape index (κ2) is 5.77. The van der Waals surface area contributed by atoms with Crippen LogP contribution in [0.1, 0.15) is 31.2 Å². The van der Waals surface area contributed by atoms with E-state index < -0.39 is 4.92 Å². The summed E-state index contributed by atoms with van der Waals surface area (Å²) in [7, 11) is 1.94. The normalized spacial score (nSPS) is 16.4. The zero-order valence-electron chi connectivity index (χ0n) is 11.3. The maximum Gasteiger partial charge on any atom is 0.270 e. The van der Waals surface area contributed by atoms with Crippen molar-refractivity contribution in [2.45, 2.75) is 31.7 Å². The highest BCUT2D eigenvalue weighted by molar-refractivity contribution is 6.02. The molecule has 2 rings (SSSR count). The Hall–Kier alpha value is -2.31. The number of nitrogens with zero attached hydrogens (tertiary/aromatic N) is 3. The van der Waals surface area contributed by atoms with Gasteiger partial charge in [0.15, 0.2) is 5.84 Å². The molecule has 0 bridgehead atoms. The SMILES string of the molecule is CN(c1ccc([N+](=O)[O-])cc1C(N)=NO)C1CCCC1. The van der Waals surface area contributed by atoms with Crippen LogP contribution >= 0.6 is 0 Å². The summed E-state index contributed by atoms with van der Waals surface area (Å²) in [6, 6.07) is 4.83. The maximum absolute atomic E-state index is 10.9. The lowest BCUT2D eigenvalue weighted by molar-refractivity contribution is -0.384. The summed E-state index contributed by atoms with van der Waals surface area (Å²) in [5.41, 5.74) is 6.71. The van der Waals surface area contributed by atoms with Gasteiger partial charge < -0.3 is 15.8 Å². The summed E-state index contributed by atoms with van der Waals surface area (Å²) in [6.07, 6.45) is 4.54. The van der Waals surface area contributed by atoms with Crippen molar-refractivity contribution in [1.82, 2.24) is 0 Å². The van der Waals surface area contributed by atoms with E-state index in [0.717, 1.165) is 18.5 Å². The monoisotopic (exact) mass is 278 g/mol. The van der Waals surface area contributed by atoms with Gasteiger partial charge in [-0.05, 0) is 18.9 Å². The minimum atomic E-state index is -0.493. The van der Waals surface area contributed by atoms with Gasteiger partial charge in [0, 0.05) is 30.9 Å². The van der Waals surface area contributed by atoms with Gasteiger partial charge in [-0.15, -0.1) is 0 Å². The third-order valence-corrected chi connectivity index (χ3v) is 3.83. The molecule has 3 N–H and O–H groups in total. The zero-order valence-corrected chi connectivity index (χ0v) is 11.3. The molecule has 0 saturated heterocycles. The molecule has 0 heterocycles. The van der Waals surface area contributed by atoms with Gasteiger partial charge in [0.25, 0.3) is 5.69 Å². The second-order valence-electron chi connectivity index (χ2n) is 4.99. The molecule has 7 nitrogen and oxygen atoms in total. The summed E-state index contributed by atoms with van der Waals surface area (Å²) in [4.78, 5) is 12.4. The van der Waals surface area contributed by atoms with E-state index in [1.54, 1.807) is 6.07 Å². The minimum absolute atomic E-state index is 0.0739. The molecule has 0 unspecified atom stereocenters. The molecule has 108 valence electrons. The van der Waals surface area contributed by atoms with Crippen molar-refractivity contribution >= 4 is 17.2 Å².